The fraction of sp³-hybridized carbons (Fsp3) is 0.417. The minimum absolute atomic E-state index is 0.0423. The maximum absolute atomic E-state index is 12.7. The normalized spacial score (nSPS) is 16.9. The highest BCUT2D eigenvalue weighted by Crippen LogP contribution is 2.32. The Balaban J connectivity index is 1.75. The zero-order valence-corrected chi connectivity index (χ0v) is 18.0. The third-order valence-corrected chi connectivity index (χ3v) is 5.59. The van der Waals surface area contributed by atoms with Gasteiger partial charge in [0, 0.05) is 29.4 Å². The molecule has 1 atom stereocenters. The van der Waals surface area contributed by atoms with Crippen LogP contribution in [-0.2, 0) is 16.0 Å². The van der Waals surface area contributed by atoms with Gasteiger partial charge in [-0.25, -0.2) is 9.59 Å². The van der Waals surface area contributed by atoms with Crippen molar-refractivity contribution in [1.82, 2.24) is 9.47 Å². The topological polar surface area (TPSA) is 60.8 Å². The number of esters is 1. The van der Waals surface area contributed by atoms with Crippen molar-refractivity contribution in [2.24, 2.45) is 0 Å². The Morgan fingerprint density at radius 3 is 2.53 bits per heavy atom. The first kappa shape index (κ1) is 20.3. The van der Waals surface area contributed by atoms with Crippen LogP contribution in [0.4, 0.5) is 4.79 Å². The van der Waals surface area contributed by atoms with E-state index in [4.69, 9.17) is 9.47 Å². The lowest BCUT2D eigenvalue weighted by Gasteiger charge is -2.29. The number of benzene rings is 2. The van der Waals surface area contributed by atoms with Crippen molar-refractivity contribution in [3.05, 3.63) is 48.0 Å². The van der Waals surface area contributed by atoms with Crippen molar-refractivity contribution < 1.29 is 19.1 Å². The molecule has 1 aromatic heterocycles. The Kier molecular flexibility index (Phi) is 5.18. The van der Waals surface area contributed by atoms with Crippen molar-refractivity contribution in [3.8, 4) is 0 Å². The number of aromatic nitrogens is 1. The highest BCUT2D eigenvalue weighted by molar-refractivity contribution is 6.09. The molecular formula is C24H28N2O4. The van der Waals surface area contributed by atoms with Crippen LogP contribution in [0, 0.1) is 0 Å². The summed E-state index contributed by atoms with van der Waals surface area (Å²) >= 11 is 0. The van der Waals surface area contributed by atoms with E-state index in [0.717, 1.165) is 34.6 Å². The summed E-state index contributed by atoms with van der Waals surface area (Å²) < 4.78 is 12.8. The Morgan fingerprint density at radius 1 is 1.07 bits per heavy atom. The molecule has 6 heteroatoms. The van der Waals surface area contributed by atoms with Crippen molar-refractivity contribution >= 4 is 33.9 Å². The highest BCUT2D eigenvalue weighted by atomic mass is 16.6. The molecule has 3 aromatic rings. The van der Waals surface area contributed by atoms with Gasteiger partial charge >= 0.3 is 12.1 Å². The molecule has 30 heavy (non-hydrogen) atoms. The molecule has 0 unspecified atom stereocenters. The lowest BCUT2D eigenvalue weighted by molar-refractivity contribution is 0.0215. The smallest absolute Gasteiger partial charge is 0.410 e. The summed E-state index contributed by atoms with van der Waals surface area (Å²) in [4.78, 5) is 26.7. The van der Waals surface area contributed by atoms with Crippen LogP contribution in [0.1, 0.15) is 44.0 Å². The second kappa shape index (κ2) is 7.67. The van der Waals surface area contributed by atoms with Crippen LogP contribution in [0.2, 0.25) is 0 Å². The van der Waals surface area contributed by atoms with E-state index in [1.54, 1.807) is 6.07 Å². The van der Waals surface area contributed by atoms with Gasteiger partial charge in [0.15, 0.2) is 0 Å². The zero-order chi connectivity index (χ0) is 21.5. The summed E-state index contributed by atoms with van der Waals surface area (Å²) in [5, 5.41) is 2.21. The van der Waals surface area contributed by atoms with Gasteiger partial charge in [-0.15, -0.1) is 0 Å². The summed E-state index contributed by atoms with van der Waals surface area (Å²) in [7, 11) is 1.39. The monoisotopic (exact) mass is 408 g/mol. The predicted molar refractivity (Wildman–Crippen MR) is 117 cm³/mol. The van der Waals surface area contributed by atoms with Crippen LogP contribution in [0.3, 0.4) is 0 Å². The number of amides is 1. The molecule has 6 nitrogen and oxygen atoms in total. The van der Waals surface area contributed by atoms with Crippen LogP contribution in [0.25, 0.3) is 21.8 Å². The molecule has 1 saturated heterocycles. The maximum Gasteiger partial charge on any atom is 0.410 e. The first-order chi connectivity index (χ1) is 14.3. The van der Waals surface area contributed by atoms with Crippen molar-refractivity contribution in [1.29, 1.82) is 0 Å². The predicted octanol–water partition coefficient (Wildman–Crippen LogP) is 4.98. The van der Waals surface area contributed by atoms with Crippen molar-refractivity contribution in [2.75, 3.05) is 13.7 Å². The average molecular weight is 408 g/mol. The molecule has 1 fully saturated rings. The van der Waals surface area contributed by atoms with Gasteiger partial charge in [-0.1, -0.05) is 24.3 Å². The Hall–Kier alpha value is -3.02. The van der Waals surface area contributed by atoms with Crippen LogP contribution in [0.5, 0.6) is 0 Å². The fourth-order valence-electron chi connectivity index (χ4n) is 4.29. The molecule has 2 aromatic carbocycles. The van der Waals surface area contributed by atoms with E-state index in [2.05, 4.69) is 16.7 Å². The van der Waals surface area contributed by atoms with E-state index in [1.165, 1.54) is 7.11 Å². The standard InChI is InChI=1S/C24H28N2O4/c1-24(2,3)30-23(28)25-13-7-8-17(25)15-26-20-10-6-5-9-18(20)19-12-11-16(14-21(19)26)22(27)29-4/h5-6,9-12,14,17H,7-8,13,15H2,1-4H3/t17-/m0/s1. The number of methoxy groups -OCH3 is 1. The molecule has 2 heterocycles. The second-order valence-electron chi connectivity index (χ2n) is 8.82. The Morgan fingerprint density at radius 2 is 1.80 bits per heavy atom. The van der Waals surface area contributed by atoms with Crippen LogP contribution in [0.15, 0.2) is 42.5 Å². The van der Waals surface area contributed by atoms with Crippen molar-refractivity contribution in [3.63, 3.8) is 0 Å². The summed E-state index contributed by atoms with van der Waals surface area (Å²) in [6.07, 6.45) is 1.61. The van der Waals surface area contributed by atoms with Crippen molar-refractivity contribution in [2.45, 2.75) is 51.8 Å². The maximum atomic E-state index is 12.7. The number of carbonyl (C=O) groups is 2. The Bertz CT molecular complexity index is 1110. The molecular weight excluding hydrogens is 380 g/mol. The van der Waals surface area contributed by atoms with E-state index in [9.17, 15) is 9.59 Å². The molecule has 0 saturated carbocycles. The van der Waals surface area contributed by atoms with E-state index in [0.29, 0.717) is 18.7 Å². The lowest BCUT2D eigenvalue weighted by Crippen LogP contribution is -2.41. The number of para-hydroxylation sites is 1. The SMILES string of the molecule is COC(=O)c1ccc2c3ccccc3n(C[C@@H]3CCCN3C(=O)OC(C)(C)C)c2c1. The third-order valence-electron chi connectivity index (χ3n) is 5.59. The molecule has 0 radical (unpaired) electrons. The molecule has 0 N–H and O–H groups in total. The minimum atomic E-state index is -0.521. The van der Waals surface area contributed by atoms with Gasteiger partial charge in [0.25, 0.3) is 0 Å². The molecule has 158 valence electrons. The summed E-state index contributed by atoms with van der Waals surface area (Å²) in [5.41, 5.74) is 2.05. The van der Waals surface area contributed by atoms with Gasteiger partial charge in [0.2, 0.25) is 0 Å². The van der Waals surface area contributed by atoms with E-state index in [1.807, 2.05) is 49.9 Å². The summed E-state index contributed by atoms with van der Waals surface area (Å²) in [5.74, 6) is -0.357. The zero-order valence-electron chi connectivity index (χ0n) is 18.0. The van der Waals surface area contributed by atoms with Gasteiger partial charge in [-0.3, -0.25) is 0 Å². The molecule has 1 aliphatic heterocycles. The number of ether oxygens (including phenoxy) is 2. The van der Waals surface area contributed by atoms with Crippen LogP contribution < -0.4 is 0 Å². The van der Waals surface area contributed by atoms with E-state index in [-0.39, 0.29) is 18.1 Å². The minimum Gasteiger partial charge on any atom is -0.465 e. The molecule has 0 aliphatic carbocycles. The average Bonchev–Trinajstić information content (AvgIpc) is 3.29. The second-order valence-corrected chi connectivity index (χ2v) is 8.82. The number of likely N-dealkylation sites (tertiary alicyclic amines) is 1. The quantitative estimate of drug-likeness (QED) is 0.574. The number of carbonyl (C=O) groups excluding carboxylic acids is 2. The van der Waals surface area contributed by atoms with Gasteiger partial charge in [0.05, 0.1) is 24.2 Å². The fourth-order valence-corrected chi connectivity index (χ4v) is 4.29. The first-order valence-electron chi connectivity index (χ1n) is 10.4. The van der Waals surface area contributed by atoms with E-state index >= 15 is 0 Å². The number of nitrogens with zero attached hydrogens (tertiary/aromatic N) is 2. The highest BCUT2D eigenvalue weighted by Gasteiger charge is 2.33. The number of hydrogen-bond acceptors (Lipinski definition) is 4. The van der Waals surface area contributed by atoms with Crippen LogP contribution >= 0.6 is 0 Å². The lowest BCUT2D eigenvalue weighted by atomic mass is 10.1. The van der Waals surface area contributed by atoms with Gasteiger partial charge in [-0.05, 0) is 51.8 Å². The molecule has 0 spiro atoms. The molecule has 1 aliphatic rings. The molecule has 0 bridgehead atoms. The van der Waals surface area contributed by atoms with Gasteiger partial charge in [0.1, 0.15) is 5.60 Å². The molecule has 1 amide bonds. The first-order valence-corrected chi connectivity index (χ1v) is 10.4. The Labute approximate surface area is 176 Å². The third kappa shape index (κ3) is 3.74. The molecule has 4 rings (SSSR count). The summed E-state index contributed by atoms with van der Waals surface area (Å²) in [6, 6.07) is 13.9. The van der Waals surface area contributed by atoms with Gasteiger partial charge < -0.3 is 18.9 Å². The van der Waals surface area contributed by atoms with Gasteiger partial charge in [-0.2, -0.15) is 0 Å². The summed E-state index contributed by atoms with van der Waals surface area (Å²) in [6.45, 7) is 7.00. The largest absolute Gasteiger partial charge is 0.465 e. The number of hydrogen-bond donors (Lipinski definition) is 0. The van der Waals surface area contributed by atoms with Crippen LogP contribution in [-0.4, -0.2) is 46.8 Å². The number of rotatable bonds is 3. The number of fused-ring (bicyclic) bond motifs is 3. The van der Waals surface area contributed by atoms with E-state index < -0.39 is 5.60 Å².